The third-order valence-corrected chi connectivity index (χ3v) is 1.71. The molecule has 1 aliphatic heterocycles. The summed E-state index contributed by atoms with van der Waals surface area (Å²) in [4.78, 5) is 2.22. The lowest BCUT2D eigenvalue weighted by atomic mass is 10.1. The lowest BCUT2D eigenvalue weighted by Gasteiger charge is -2.24. The maximum Gasteiger partial charge on any atom is 0.0464 e. The Balaban J connectivity index is 2.55. The third kappa shape index (κ3) is 1.35. The average molecular weight is 123 g/mol. The SMILES string of the molecule is CCC1C=CC=CN1C. The van der Waals surface area contributed by atoms with Gasteiger partial charge in [-0.2, -0.15) is 0 Å². The normalized spacial score (nSPS) is 25.1. The molecule has 1 heterocycles. The zero-order valence-electron chi connectivity index (χ0n) is 6.04. The van der Waals surface area contributed by atoms with E-state index in [1.165, 1.54) is 6.42 Å². The molecule has 0 N–H and O–H groups in total. The quantitative estimate of drug-likeness (QED) is 0.513. The Bertz CT molecular complexity index is 136. The van der Waals surface area contributed by atoms with Crippen LogP contribution in [0.5, 0.6) is 0 Å². The van der Waals surface area contributed by atoms with Crippen molar-refractivity contribution in [2.24, 2.45) is 0 Å². The molecular weight excluding hydrogens is 110 g/mol. The second-order valence-electron chi connectivity index (χ2n) is 2.37. The molecule has 0 amide bonds. The van der Waals surface area contributed by atoms with Gasteiger partial charge < -0.3 is 4.90 Å². The Morgan fingerprint density at radius 2 is 2.22 bits per heavy atom. The van der Waals surface area contributed by atoms with Crippen LogP contribution in [0.1, 0.15) is 13.3 Å². The van der Waals surface area contributed by atoms with E-state index < -0.39 is 0 Å². The maximum absolute atomic E-state index is 2.22. The van der Waals surface area contributed by atoms with Gasteiger partial charge in [0.1, 0.15) is 0 Å². The minimum absolute atomic E-state index is 0.620. The third-order valence-electron chi connectivity index (χ3n) is 1.71. The van der Waals surface area contributed by atoms with Gasteiger partial charge in [-0.1, -0.05) is 19.1 Å². The van der Waals surface area contributed by atoms with Crippen molar-refractivity contribution in [2.75, 3.05) is 7.05 Å². The minimum Gasteiger partial charge on any atom is -0.374 e. The van der Waals surface area contributed by atoms with Crippen molar-refractivity contribution in [2.45, 2.75) is 19.4 Å². The summed E-state index contributed by atoms with van der Waals surface area (Å²) in [5.74, 6) is 0. The first-order valence-electron chi connectivity index (χ1n) is 3.41. The monoisotopic (exact) mass is 123 g/mol. The fourth-order valence-electron chi connectivity index (χ4n) is 1.05. The van der Waals surface area contributed by atoms with Gasteiger partial charge in [-0.3, -0.25) is 0 Å². The standard InChI is InChI=1S/C8H13N/c1-3-8-6-4-5-7-9(8)2/h4-8H,3H2,1-2H3. The van der Waals surface area contributed by atoms with Gasteiger partial charge in [-0.15, -0.1) is 0 Å². The molecule has 1 unspecified atom stereocenters. The summed E-state index contributed by atoms with van der Waals surface area (Å²) in [6.07, 6.45) is 9.69. The summed E-state index contributed by atoms with van der Waals surface area (Å²) in [7, 11) is 2.11. The molecule has 0 aromatic rings. The minimum atomic E-state index is 0.620. The highest BCUT2D eigenvalue weighted by Crippen LogP contribution is 2.07. The zero-order chi connectivity index (χ0) is 6.69. The first-order valence-corrected chi connectivity index (χ1v) is 3.41. The van der Waals surface area contributed by atoms with Gasteiger partial charge in [0.05, 0.1) is 0 Å². The summed E-state index contributed by atoms with van der Waals surface area (Å²) >= 11 is 0. The largest absolute Gasteiger partial charge is 0.374 e. The van der Waals surface area contributed by atoms with E-state index in [0.29, 0.717) is 6.04 Å². The van der Waals surface area contributed by atoms with Crippen molar-refractivity contribution in [1.82, 2.24) is 4.90 Å². The van der Waals surface area contributed by atoms with Crippen molar-refractivity contribution >= 4 is 0 Å². The number of nitrogens with zero attached hydrogens (tertiary/aromatic N) is 1. The Labute approximate surface area is 56.7 Å². The lowest BCUT2D eigenvalue weighted by molar-refractivity contribution is 0.371. The van der Waals surface area contributed by atoms with Crippen LogP contribution in [0.25, 0.3) is 0 Å². The van der Waals surface area contributed by atoms with E-state index in [2.05, 4.69) is 43.3 Å². The molecule has 1 rings (SSSR count). The van der Waals surface area contributed by atoms with Gasteiger partial charge in [0.25, 0.3) is 0 Å². The summed E-state index contributed by atoms with van der Waals surface area (Å²) in [5.41, 5.74) is 0. The Kier molecular flexibility index (Phi) is 1.93. The summed E-state index contributed by atoms with van der Waals surface area (Å²) in [5, 5.41) is 0. The van der Waals surface area contributed by atoms with E-state index in [1.54, 1.807) is 0 Å². The van der Waals surface area contributed by atoms with Gasteiger partial charge in [0.15, 0.2) is 0 Å². The van der Waals surface area contributed by atoms with Crippen LogP contribution in [0.2, 0.25) is 0 Å². The zero-order valence-corrected chi connectivity index (χ0v) is 6.04. The second-order valence-corrected chi connectivity index (χ2v) is 2.37. The van der Waals surface area contributed by atoms with Gasteiger partial charge in [0, 0.05) is 13.1 Å². The topological polar surface area (TPSA) is 3.24 Å². The van der Waals surface area contributed by atoms with E-state index in [0.717, 1.165) is 0 Å². The van der Waals surface area contributed by atoms with Gasteiger partial charge in [-0.25, -0.2) is 0 Å². The van der Waals surface area contributed by atoms with Crippen LogP contribution < -0.4 is 0 Å². The molecule has 0 spiro atoms. The van der Waals surface area contributed by atoms with Crippen LogP contribution in [0.3, 0.4) is 0 Å². The highest BCUT2D eigenvalue weighted by atomic mass is 15.1. The summed E-state index contributed by atoms with van der Waals surface area (Å²) in [6, 6.07) is 0.620. The number of hydrogen-bond acceptors (Lipinski definition) is 1. The van der Waals surface area contributed by atoms with Crippen LogP contribution in [-0.4, -0.2) is 18.0 Å². The number of likely N-dealkylation sites (N-methyl/N-ethyl adjacent to an activating group) is 1. The van der Waals surface area contributed by atoms with Crippen molar-refractivity contribution in [3.63, 3.8) is 0 Å². The highest BCUT2D eigenvalue weighted by molar-refractivity contribution is 5.12. The molecule has 0 saturated heterocycles. The Morgan fingerprint density at radius 3 is 2.67 bits per heavy atom. The molecular formula is C8H13N. The van der Waals surface area contributed by atoms with Gasteiger partial charge in [-0.05, 0) is 18.7 Å². The predicted molar refractivity (Wildman–Crippen MR) is 40.1 cm³/mol. The van der Waals surface area contributed by atoms with Crippen molar-refractivity contribution in [3.8, 4) is 0 Å². The molecule has 9 heavy (non-hydrogen) atoms. The van der Waals surface area contributed by atoms with Crippen LogP contribution in [0, 0.1) is 0 Å². The first-order chi connectivity index (χ1) is 4.34. The number of rotatable bonds is 1. The Morgan fingerprint density at radius 1 is 1.44 bits per heavy atom. The van der Waals surface area contributed by atoms with Crippen molar-refractivity contribution in [1.29, 1.82) is 0 Å². The molecule has 1 nitrogen and oxygen atoms in total. The molecule has 0 aromatic heterocycles. The number of hydrogen-bond donors (Lipinski definition) is 0. The highest BCUT2D eigenvalue weighted by Gasteiger charge is 2.05. The van der Waals surface area contributed by atoms with Crippen LogP contribution in [0.15, 0.2) is 24.4 Å². The molecule has 1 aliphatic rings. The van der Waals surface area contributed by atoms with E-state index in [1.807, 2.05) is 0 Å². The number of allylic oxidation sites excluding steroid dienone is 2. The average Bonchev–Trinajstić information content (AvgIpc) is 1.89. The van der Waals surface area contributed by atoms with E-state index in [9.17, 15) is 0 Å². The molecule has 0 aliphatic carbocycles. The molecule has 0 radical (unpaired) electrons. The van der Waals surface area contributed by atoms with Crippen molar-refractivity contribution in [3.05, 3.63) is 24.4 Å². The fraction of sp³-hybridized carbons (Fsp3) is 0.500. The second kappa shape index (κ2) is 2.72. The first kappa shape index (κ1) is 6.40. The van der Waals surface area contributed by atoms with Crippen LogP contribution in [0.4, 0.5) is 0 Å². The van der Waals surface area contributed by atoms with E-state index in [4.69, 9.17) is 0 Å². The lowest BCUT2D eigenvalue weighted by Crippen LogP contribution is -2.25. The smallest absolute Gasteiger partial charge is 0.0464 e. The molecule has 1 atom stereocenters. The molecule has 0 bridgehead atoms. The summed E-state index contributed by atoms with van der Waals surface area (Å²) < 4.78 is 0. The maximum atomic E-state index is 2.22. The van der Waals surface area contributed by atoms with Crippen LogP contribution in [-0.2, 0) is 0 Å². The van der Waals surface area contributed by atoms with E-state index in [-0.39, 0.29) is 0 Å². The summed E-state index contributed by atoms with van der Waals surface area (Å²) in [6.45, 7) is 2.20. The Hall–Kier alpha value is -0.720. The van der Waals surface area contributed by atoms with Gasteiger partial charge >= 0.3 is 0 Å². The molecule has 0 fully saturated rings. The molecule has 0 aromatic carbocycles. The molecule has 0 saturated carbocycles. The fourth-order valence-corrected chi connectivity index (χ4v) is 1.05. The molecule has 50 valence electrons. The van der Waals surface area contributed by atoms with Crippen LogP contribution >= 0.6 is 0 Å². The molecule has 1 heteroatoms. The predicted octanol–water partition coefficient (Wildman–Crippen LogP) is 1.78. The van der Waals surface area contributed by atoms with Crippen molar-refractivity contribution < 1.29 is 0 Å². The van der Waals surface area contributed by atoms with Gasteiger partial charge in [0.2, 0.25) is 0 Å². The van der Waals surface area contributed by atoms with E-state index >= 15 is 0 Å².